The third-order valence-corrected chi connectivity index (χ3v) is 3.11. The van der Waals surface area contributed by atoms with Gasteiger partial charge in [0.2, 0.25) is 0 Å². The Hall–Kier alpha value is -2.35. The van der Waals surface area contributed by atoms with Gasteiger partial charge in [-0.05, 0) is 36.8 Å². The Bertz CT molecular complexity index is 710. The van der Waals surface area contributed by atoms with Crippen LogP contribution in [0.1, 0.15) is 17.3 Å². The van der Waals surface area contributed by atoms with Crippen molar-refractivity contribution >= 4 is 16.7 Å². The molecule has 2 nitrogen and oxygen atoms in total. The van der Waals surface area contributed by atoms with E-state index in [4.69, 9.17) is 0 Å². The number of carbonyl (C=O) groups is 1. The maximum atomic E-state index is 11.4. The van der Waals surface area contributed by atoms with Crippen molar-refractivity contribution in [3.05, 3.63) is 60.2 Å². The number of fused-ring (bicyclic) bond motifs is 1. The van der Waals surface area contributed by atoms with Crippen molar-refractivity contribution < 1.29 is 4.79 Å². The van der Waals surface area contributed by atoms with Crippen LogP contribution in [0.4, 0.5) is 0 Å². The van der Waals surface area contributed by atoms with E-state index in [-0.39, 0.29) is 5.78 Å². The molecule has 2 heteroatoms. The molecule has 0 atom stereocenters. The third kappa shape index (κ3) is 1.82. The second-order valence-corrected chi connectivity index (χ2v) is 4.41. The summed E-state index contributed by atoms with van der Waals surface area (Å²) >= 11 is 0. The molecule has 0 unspecified atom stereocenters. The first-order valence-corrected chi connectivity index (χ1v) is 5.93. The van der Waals surface area contributed by atoms with Gasteiger partial charge in [-0.2, -0.15) is 0 Å². The highest BCUT2D eigenvalue weighted by atomic mass is 16.1. The van der Waals surface area contributed by atoms with Gasteiger partial charge < -0.3 is 4.98 Å². The zero-order valence-corrected chi connectivity index (χ0v) is 10.1. The minimum absolute atomic E-state index is 0.0966. The summed E-state index contributed by atoms with van der Waals surface area (Å²) in [6, 6.07) is 18.0. The molecule has 0 spiro atoms. The first-order chi connectivity index (χ1) is 8.74. The summed E-state index contributed by atoms with van der Waals surface area (Å²) in [5.74, 6) is 0.0966. The maximum Gasteiger partial charge on any atom is 0.159 e. The van der Waals surface area contributed by atoms with Crippen LogP contribution in [0.15, 0.2) is 54.6 Å². The summed E-state index contributed by atoms with van der Waals surface area (Å²) in [6.07, 6.45) is 0. The molecule has 1 aromatic heterocycles. The molecule has 0 saturated heterocycles. The summed E-state index contributed by atoms with van der Waals surface area (Å²) in [6.45, 7) is 1.59. The molecule has 0 bridgehead atoms. The van der Waals surface area contributed by atoms with E-state index in [0.717, 1.165) is 27.7 Å². The van der Waals surface area contributed by atoms with Crippen LogP contribution in [0.3, 0.4) is 0 Å². The number of aromatic amines is 1. The van der Waals surface area contributed by atoms with Crippen molar-refractivity contribution in [3.8, 4) is 11.3 Å². The number of hydrogen-bond donors (Lipinski definition) is 1. The van der Waals surface area contributed by atoms with Crippen LogP contribution < -0.4 is 0 Å². The fourth-order valence-electron chi connectivity index (χ4n) is 2.12. The van der Waals surface area contributed by atoms with Crippen LogP contribution >= 0.6 is 0 Å². The number of rotatable bonds is 2. The largest absolute Gasteiger partial charge is 0.355 e. The molecule has 2 aromatic carbocycles. The fraction of sp³-hybridized carbons (Fsp3) is 0.0625. The molecule has 1 N–H and O–H groups in total. The quantitative estimate of drug-likeness (QED) is 0.668. The molecule has 3 aromatic rings. The molecule has 3 rings (SSSR count). The van der Waals surface area contributed by atoms with Crippen LogP contribution in [0.5, 0.6) is 0 Å². The van der Waals surface area contributed by atoms with E-state index < -0.39 is 0 Å². The van der Waals surface area contributed by atoms with Gasteiger partial charge in [0.25, 0.3) is 0 Å². The number of aromatic nitrogens is 1. The number of benzene rings is 2. The van der Waals surface area contributed by atoms with Crippen molar-refractivity contribution in [2.24, 2.45) is 0 Å². The second kappa shape index (κ2) is 4.15. The molecule has 0 fully saturated rings. The van der Waals surface area contributed by atoms with Crippen LogP contribution in [0.25, 0.3) is 22.2 Å². The number of carbonyl (C=O) groups excluding carboxylic acids is 1. The predicted octanol–water partition coefficient (Wildman–Crippen LogP) is 4.04. The molecule has 18 heavy (non-hydrogen) atoms. The lowest BCUT2D eigenvalue weighted by molar-refractivity contribution is 0.101. The fourth-order valence-corrected chi connectivity index (χ4v) is 2.12. The van der Waals surface area contributed by atoms with Gasteiger partial charge in [0.15, 0.2) is 5.78 Å². The van der Waals surface area contributed by atoms with Crippen LogP contribution in [-0.4, -0.2) is 10.8 Å². The molecule has 0 amide bonds. The van der Waals surface area contributed by atoms with E-state index in [1.54, 1.807) is 6.92 Å². The molecule has 0 aliphatic heterocycles. The lowest BCUT2D eigenvalue weighted by Crippen LogP contribution is -1.89. The standard InChI is InChI=1S/C16H13NO/c1-11(18)13-7-8-15-14(9-13)10-16(17-15)12-5-3-2-4-6-12/h2-10,17H,1H3. The number of ketones is 1. The number of Topliss-reactive ketones (excluding diaryl/α,β-unsaturated/α-hetero) is 1. The first-order valence-electron chi connectivity index (χ1n) is 5.93. The predicted molar refractivity (Wildman–Crippen MR) is 73.7 cm³/mol. The summed E-state index contributed by atoms with van der Waals surface area (Å²) in [5, 5.41) is 1.07. The number of nitrogens with one attached hydrogen (secondary N) is 1. The molecule has 0 aliphatic carbocycles. The lowest BCUT2D eigenvalue weighted by Gasteiger charge is -1.95. The van der Waals surface area contributed by atoms with Gasteiger partial charge in [0, 0.05) is 22.2 Å². The van der Waals surface area contributed by atoms with E-state index in [0.29, 0.717) is 0 Å². The van der Waals surface area contributed by atoms with Gasteiger partial charge in [0.05, 0.1) is 0 Å². The van der Waals surface area contributed by atoms with Crippen molar-refractivity contribution in [3.63, 3.8) is 0 Å². The van der Waals surface area contributed by atoms with Gasteiger partial charge in [-0.25, -0.2) is 0 Å². The average Bonchev–Trinajstić information content (AvgIpc) is 2.82. The number of H-pyrrole nitrogens is 1. The lowest BCUT2D eigenvalue weighted by atomic mass is 10.1. The van der Waals surface area contributed by atoms with Gasteiger partial charge in [-0.3, -0.25) is 4.79 Å². The van der Waals surface area contributed by atoms with Crippen LogP contribution in [0.2, 0.25) is 0 Å². The Balaban J connectivity index is 2.14. The van der Waals surface area contributed by atoms with E-state index in [1.165, 1.54) is 0 Å². The summed E-state index contributed by atoms with van der Waals surface area (Å²) < 4.78 is 0. The van der Waals surface area contributed by atoms with Gasteiger partial charge in [0.1, 0.15) is 0 Å². The maximum absolute atomic E-state index is 11.4. The molecule has 0 saturated carbocycles. The Morgan fingerprint density at radius 3 is 2.50 bits per heavy atom. The molecule has 88 valence electrons. The highest BCUT2D eigenvalue weighted by Gasteiger charge is 2.05. The van der Waals surface area contributed by atoms with E-state index in [9.17, 15) is 4.79 Å². The highest BCUT2D eigenvalue weighted by Crippen LogP contribution is 2.24. The highest BCUT2D eigenvalue weighted by molar-refractivity contribution is 5.98. The Labute approximate surface area is 105 Å². The van der Waals surface area contributed by atoms with Crippen molar-refractivity contribution in [2.75, 3.05) is 0 Å². The van der Waals surface area contributed by atoms with E-state index in [1.807, 2.05) is 36.4 Å². The smallest absolute Gasteiger partial charge is 0.159 e. The molecule has 0 radical (unpaired) electrons. The Kier molecular flexibility index (Phi) is 2.49. The molecular formula is C16H13NO. The second-order valence-electron chi connectivity index (χ2n) is 4.41. The molecule has 0 aliphatic rings. The minimum atomic E-state index is 0.0966. The van der Waals surface area contributed by atoms with Crippen molar-refractivity contribution in [1.29, 1.82) is 0 Å². The molecular weight excluding hydrogens is 222 g/mol. The van der Waals surface area contributed by atoms with Crippen molar-refractivity contribution in [2.45, 2.75) is 6.92 Å². The SMILES string of the molecule is CC(=O)c1ccc2[nH]c(-c3ccccc3)cc2c1. The van der Waals surface area contributed by atoms with Gasteiger partial charge in [-0.1, -0.05) is 30.3 Å². The zero-order chi connectivity index (χ0) is 12.5. The number of hydrogen-bond acceptors (Lipinski definition) is 1. The van der Waals surface area contributed by atoms with Crippen LogP contribution in [0, 0.1) is 0 Å². The summed E-state index contributed by atoms with van der Waals surface area (Å²) in [7, 11) is 0. The third-order valence-electron chi connectivity index (χ3n) is 3.11. The van der Waals surface area contributed by atoms with E-state index >= 15 is 0 Å². The van der Waals surface area contributed by atoms with Gasteiger partial charge in [-0.15, -0.1) is 0 Å². The first kappa shape index (κ1) is 10.8. The Morgan fingerprint density at radius 2 is 1.78 bits per heavy atom. The summed E-state index contributed by atoms with van der Waals surface area (Å²) in [5.41, 5.74) is 4.03. The topological polar surface area (TPSA) is 32.9 Å². The Morgan fingerprint density at radius 1 is 1.00 bits per heavy atom. The van der Waals surface area contributed by atoms with Gasteiger partial charge >= 0.3 is 0 Å². The zero-order valence-electron chi connectivity index (χ0n) is 10.1. The summed E-state index contributed by atoms with van der Waals surface area (Å²) in [4.78, 5) is 14.7. The average molecular weight is 235 g/mol. The van der Waals surface area contributed by atoms with E-state index in [2.05, 4.69) is 23.2 Å². The monoisotopic (exact) mass is 235 g/mol. The normalized spacial score (nSPS) is 10.7. The molecule has 1 heterocycles. The minimum Gasteiger partial charge on any atom is -0.355 e. The van der Waals surface area contributed by atoms with Crippen LogP contribution in [-0.2, 0) is 0 Å². The van der Waals surface area contributed by atoms with Crippen molar-refractivity contribution in [1.82, 2.24) is 4.98 Å².